The highest BCUT2D eigenvalue weighted by Gasteiger charge is 2.37. The SMILES string of the molecule is CC(=O)[C@@H](C)[C@H](c1ccc2c(c1)C[C@@H](c1ccc(-c3cc(C)ccc3F)cc1)OC2)C1CC1. The van der Waals surface area contributed by atoms with Crippen LogP contribution in [-0.4, -0.2) is 5.78 Å². The highest BCUT2D eigenvalue weighted by molar-refractivity contribution is 5.79. The summed E-state index contributed by atoms with van der Waals surface area (Å²) in [5.41, 5.74) is 7.51. The van der Waals surface area contributed by atoms with Gasteiger partial charge in [0.15, 0.2) is 0 Å². The topological polar surface area (TPSA) is 26.3 Å². The van der Waals surface area contributed by atoms with Crippen molar-refractivity contribution in [1.82, 2.24) is 0 Å². The number of benzene rings is 3. The highest BCUT2D eigenvalue weighted by atomic mass is 19.1. The number of aryl methyl sites for hydroxylation is 1. The van der Waals surface area contributed by atoms with E-state index < -0.39 is 0 Å². The Morgan fingerprint density at radius 2 is 1.76 bits per heavy atom. The summed E-state index contributed by atoms with van der Waals surface area (Å²) in [5.74, 6) is 1.08. The summed E-state index contributed by atoms with van der Waals surface area (Å²) in [6.07, 6.45) is 3.24. The zero-order chi connectivity index (χ0) is 23.1. The van der Waals surface area contributed by atoms with Gasteiger partial charge in [0.1, 0.15) is 11.6 Å². The van der Waals surface area contributed by atoms with Gasteiger partial charge < -0.3 is 4.74 Å². The van der Waals surface area contributed by atoms with Crippen molar-refractivity contribution in [2.24, 2.45) is 11.8 Å². The van der Waals surface area contributed by atoms with Crippen molar-refractivity contribution in [1.29, 1.82) is 0 Å². The van der Waals surface area contributed by atoms with E-state index in [9.17, 15) is 9.18 Å². The second kappa shape index (κ2) is 8.87. The first-order valence-electron chi connectivity index (χ1n) is 12.0. The number of fused-ring (bicyclic) bond motifs is 1. The molecule has 0 aromatic heterocycles. The summed E-state index contributed by atoms with van der Waals surface area (Å²) in [5, 5.41) is 0. The smallest absolute Gasteiger partial charge is 0.133 e. The fourth-order valence-corrected chi connectivity index (χ4v) is 5.26. The van der Waals surface area contributed by atoms with Gasteiger partial charge in [0.2, 0.25) is 0 Å². The molecular formula is C30H31FO2. The lowest BCUT2D eigenvalue weighted by atomic mass is 9.79. The number of rotatable bonds is 6. The molecule has 0 amide bonds. The van der Waals surface area contributed by atoms with Crippen molar-refractivity contribution in [3.05, 3.63) is 94.3 Å². The van der Waals surface area contributed by atoms with Crippen molar-refractivity contribution in [2.75, 3.05) is 0 Å². The molecule has 3 heteroatoms. The molecule has 0 radical (unpaired) electrons. The Kier molecular flexibility index (Phi) is 5.92. The van der Waals surface area contributed by atoms with Gasteiger partial charge in [-0.25, -0.2) is 4.39 Å². The average molecular weight is 443 g/mol. The van der Waals surface area contributed by atoms with E-state index in [1.54, 1.807) is 13.0 Å². The first-order chi connectivity index (χ1) is 15.9. The summed E-state index contributed by atoms with van der Waals surface area (Å²) >= 11 is 0. The van der Waals surface area contributed by atoms with Gasteiger partial charge in [-0.1, -0.05) is 61.0 Å². The van der Waals surface area contributed by atoms with Crippen molar-refractivity contribution >= 4 is 5.78 Å². The summed E-state index contributed by atoms with van der Waals surface area (Å²) < 4.78 is 20.5. The van der Waals surface area contributed by atoms with E-state index in [1.165, 1.54) is 35.6 Å². The minimum atomic E-state index is -0.200. The maximum Gasteiger partial charge on any atom is 0.133 e. The fourth-order valence-electron chi connectivity index (χ4n) is 5.26. The van der Waals surface area contributed by atoms with Crippen LogP contribution < -0.4 is 0 Å². The molecule has 5 rings (SSSR count). The molecule has 0 N–H and O–H groups in total. The molecule has 1 fully saturated rings. The van der Waals surface area contributed by atoms with E-state index in [4.69, 9.17) is 4.74 Å². The number of carbonyl (C=O) groups excluding carboxylic acids is 1. The number of carbonyl (C=O) groups is 1. The highest BCUT2D eigenvalue weighted by Crippen LogP contribution is 2.47. The van der Waals surface area contributed by atoms with Gasteiger partial charge in [0, 0.05) is 17.9 Å². The van der Waals surface area contributed by atoms with E-state index in [0.717, 1.165) is 23.1 Å². The van der Waals surface area contributed by atoms with Crippen LogP contribution in [-0.2, 0) is 22.6 Å². The molecule has 3 aromatic carbocycles. The van der Waals surface area contributed by atoms with Crippen LogP contribution >= 0.6 is 0 Å². The Morgan fingerprint density at radius 1 is 1.00 bits per heavy atom. The molecule has 2 aliphatic rings. The van der Waals surface area contributed by atoms with Crippen LogP contribution in [0.3, 0.4) is 0 Å². The van der Waals surface area contributed by atoms with E-state index in [0.29, 0.717) is 24.0 Å². The molecule has 0 unspecified atom stereocenters. The number of ketones is 1. The van der Waals surface area contributed by atoms with Crippen LogP contribution in [0.25, 0.3) is 11.1 Å². The average Bonchev–Trinajstić information content (AvgIpc) is 3.65. The number of ether oxygens (including phenoxy) is 1. The van der Waals surface area contributed by atoms with Crippen LogP contribution in [0.5, 0.6) is 0 Å². The zero-order valence-corrected chi connectivity index (χ0v) is 19.6. The maximum atomic E-state index is 14.3. The molecule has 0 bridgehead atoms. The zero-order valence-electron chi connectivity index (χ0n) is 19.6. The molecular weight excluding hydrogens is 411 g/mol. The predicted molar refractivity (Wildman–Crippen MR) is 130 cm³/mol. The Bertz CT molecular complexity index is 1180. The van der Waals surface area contributed by atoms with Gasteiger partial charge in [-0.15, -0.1) is 0 Å². The Balaban J connectivity index is 1.38. The summed E-state index contributed by atoms with van der Waals surface area (Å²) in [4.78, 5) is 12.1. The van der Waals surface area contributed by atoms with Crippen molar-refractivity contribution in [3.8, 4) is 11.1 Å². The van der Waals surface area contributed by atoms with Gasteiger partial charge >= 0.3 is 0 Å². The molecule has 170 valence electrons. The third kappa shape index (κ3) is 4.52. The van der Waals surface area contributed by atoms with Crippen molar-refractivity contribution in [2.45, 2.75) is 58.7 Å². The minimum absolute atomic E-state index is 0.0197. The van der Waals surface area contributed by atoms with Gasteiger partial charge in [-0.2, -0.15) is 0 Å². The first-order valence-corrected chi connectivity index (χ1v) is 12.0. The van der Waals surface area contributed by atoms with Gasteiger partial charge in [0.25, 0.3) is 0 Å². The minimum Gasteiger partial charge on any atom is -0.368 e. The molecule has 2 nitrogen and oxygen atoms in total. The largest absolute Gasteiger partial charge is 0.368 e. The first kappa shape index (κ1) is 22.0. The second-order valence-corrected chi connectivity index (χ2v) is 9.90. The molecule has 1 aliphatic carbocycles. The number of Topliss-reactive ketones (excluding diaryl/α,β-unsaturated/α-hetero) is 1. The second-order valence-electron chi connectivity index (χ2n) is 9.90. The van der Waals surface area contributed by atoms with Gasteiger partial charge in [-0.05, 0) is 78.5 Å². The van der Waals surface area contributed by atoms with E-state index >= 15 is 0 Å². The molecule has 3 aromatic rings. The quantitative estimate of drug-likeness (QED) is 0.399. The van der Waals surface area contributed by atoms with Gasteiger partial charge in [-0.3, -0.25) is 4.79 Å². The van der Waals surface area contributed by atoms with Crippen LogP contribution in [0.15, 0.2) is 60.7 Å². The number of hydrogen-bond acceptors (Lipinski definition) is 2. The lowest BCUT2D eigenvalue weighted by molar-refractivity contribution is -0.121. The molecule has 0 saturated heterocycles. The third-order valence-electron chi connectivity index (χ3n) is 7.49. The molecule has 1 saturated carbocycles. The summed E-state index contributed by atoms with van der Waals surface area (Å²) in [6.45, 7) is 6.36. The Morgan fingerprint density at radius 3 is 2.45 bits per heavy atom. The number of halogens is 1. The summed E-state index contributed by atoms with van der Waals surface area (Å²) in [7, 11) is 0. The number of hydrogen-bond donors (Lipinski definition) is 0. The Hall–Kier alpha value is -2.78. The molecule has 0 spiro atoms. The molecule has 1 aliphatic heterocycles. The van der Waals surface area contributed by atoms with Gasteiger partial charge in [0.05, 0.1) is 12.7 Å². The van der Waals surface area contributed by atoms with Crippen LogP contribution in [0.4, 0.5) is 4.39 Å². The van der Waals surface area contributed by atoms with Crippen molar-refractivity contribution < 1.29 is 13.9 Å². The normalized spacial score (nSPS) is 19.6. The molecule has 1 heterocycles. The van der Waals surface area contributed by atoms with Crippen LogP contribution in [0, 0.1) is 24.6 Å². The Labute approximate surface area is 195 Å². The lowest BCUT2D eigenvalue weighted by Gasteiger charge is -2.28. The van der Waals surface area contributed by atoms with Crippen LogP contribution in [0.1, 0.15) is 66.5 Å². The monoisotopic (exact) mass is 442 g/mol. The van der Waals surface area contributed by atoms with E-state index in [1.807, 2.05) is 25.1 Å². The van der Waals surface area contributed by atoms with E-state index in [-0.39, 0.29) is 23.6 Å². The van der Waals surface area contributed by atoms with Crippen molar-refractivity contribution in [3.63, 3.8) is 0 Å². The maximum absolute atomic E-state index is 14.3. The van der Waals surface area contributed by atoms with E-state index in [2.05, 4.69) is 37.3 Å². The standard InChI is InChI=1S/C30H31FO2/c1-18-4-13-28(31)27(14-18)21-5-7-22(8-6-21)29-16-26-15-24(11-12-25(26)17-33-29)30(23-9-10-23)19(2)20(3)32/h4-8,11-15,19,23,29-30H,9-10,16-17H2,1-3H3/t19-,29+,30+/m1/s1. The third-order valence-corrected chi connectivity index (χ3v) is 7.49. The predicted octanol–water partition coefficient (Wildman–Crippen LogP) is 7.33. The van der Waals surface area contributed by atoms with Crippen LogP contribution in [0.2, 0.25) is 0 Å². The fraction of sp³-hybridized carbons (Fsp3) is 0.367. The lowest BCUT2D eigenvalue weighted by Crippen LogP contribution is -2.20. The molecule has 33 heavy (non-hydrogen) atoms. The summed E-state index contributed by atoms with van der Waals surface area (Å²) in [6, 6.07) is 20.0. The molecule has 3 atom stereocenters.